The normalized spacial score (nSPS) is 19.6. The van der Waals surface area contributed by atoms with Crippen molar-refractivity contribution >= 4 is 6.03 Å². The fourth-order valence-corrected chi connectivity index (χ4v) is 2.72. The van der Waals surface area contributed by atoms with Crippen molar-refractivity contribution in [2.75, 3.05) is 26.9 Å². The van der Waals surface area contributed by atoms with Crippen molar-refractivity contribution in [1.82, 2.24) is 10.2 Å². The van der Waals surface area contributed by atoms with Crippen molar-refractivity contribution in [2.24, 2.45) is 0 Å². The fourth-order valence-electron chi connectivity index (χ4n) is 2.72. The largest absolute Gasteiger partial charge is 0.496 e. The molecule has 1 fully saturated rings. The SMILES string of the molecule is CC[C@@H]1COCCN1C(=O)N[C@H](C)c1c(F)cccc1OC. The number of rotatable bonds is 4. The Bertz CT molecular complexity index is 524. The molecule has 1 saturated heterocycles. The van der Waals surface area contributed by atoms with E-state index in [-0.39, 0.29) is 17.9 Å². The number of amides is 2. The van der Waals surface area contributed by atoms with Gasteiger partial charge in [-0.3, -0.25) is 0 Å². The van der Waals surface area contributed by atoms with Crippen LogP contribution < -0.4 is 10.1 Å². The third-order valence-electron chi connectivity index (χ3n) is 3.97. The molecule has 22 heavy (non-hydrogen) atoms. The molecule has 2 amide bonds. The summed E-state index contributed by atoms with van der Waals surface area (Å²) >= 11 is 0. The molecule has 0 radical (unpaired) electrons. The zero-order valence-corrected chi connectivity index (χ0v) is 13.3. The second-order valence-corrected chi connectivity index (χ2v) is 5.36. The first kappa shape index (κ1) is 16.5. The third-order valence-corrected chi connectivity index (χ3v) is 3.97. The summed E-state index contributed by atoms with van der Waals surface area (Å²) in [6, 6.07) is 4.01. The molecule has 1 N–H and O–H groups in total. The van der Waals surface area contributed by atoms with Gasteiger partial charge in [-0.1, -0.05) is 13.0 Å². The van der Waals surface area contributed by atoms with Gasteiger partial charge >= 0.3 is 6.03 Å². The summed E-state index contributed by atoms with van der Waals surface area (Å²) in [6.07, 6.45) is 0.824. The number of benzene rings is 1. The van der Waals surface area contributed by atoms with E-state index in [1.165, 1.54) is 13.2 Å². The van der Waals surface area contributed by atoms with Crippen LogP contribution in [0.3, 0.4) is 0 Å². The van der Waals surface area contributed by atoms with Gasteiger partial charge in [0.25, 0.3) is 0 Å². The lowest BCUT2D eigenvalue weighted by Gasteiger charge is -2.35. The van der Waals surface area contributed by atoms with E-state index in [1.807, 2.05) is 6.92 Å². The lowest BCUT2D eigenvalue weighted by Crippen LogP contribution is -2.52. The molecule has 0 saturated carbocycles. The molecule has 1 aromatic rings. The van der Waals surface area contributed by atoms with Crippen molar-refractivity contribution in [2.45, 2.75) is 32.4 Å². The van der Waals surface area contributed by atoms with E-state index in [9.17, 15) is 9.18 Å². The number of carbonyl (C=O) groups is 1. The van der Waals surface area contributed by atoms with Gasteiger partial charge < -0.3 is 19.7 Å². The lowest BCUT2D eigenvalue weighted by molar-refractivity contribution is 0.0108. The Morgan fingerprint density at radius 1 is 1.59 bits per heavy atom. The van der Waals surface area contributed by atoms with Crippen LogP contribution >= 0.6 is 0 Å². The molecule has 5 nitrogen and oxygen atoms in total. The minimum atomic E-state index is -0.482. The van der Waals surface area contributed by atoms with Crippen molar-refractivity contribution in [3.05, 3.63) is 29.6 Å². The maximum atomic E-state index is 14.1. The van der Waals surface area contributed by atoms with Crippen LogP contribution in [0.1, 0.15) is 31.9 Å². The Morgan fingerprint density at radius 2 is 2.36 bits per heavy atom. The van der Waals surface area contributed by atoms with Crippen molar-refractivity contribution in [3.8, 4) is 5.75 Å². The molecular formula is C16H23FN2O3. The summed E-state index contributed by atoms with van der Waals surface area (Å²) < 4.78 is 24.6. The van der Waals surface area contributed by atoms with Crippen LogP contribution in [-0.4, -0.2) is 43.8 Å². The molecule has 1 heterocycles. The van der Waals surface area contributed by atoms with Crippen molar-refractivity contribution in [1.29, 1.82) is 0 Å². The summed E-state index contributed by atoms with van der Waals surface area (Å²) in [4.78, 5) is 14.2. The van der Waals surface area contributed by atoms with Crippen LogP contribution in [0.25, 0.3) is 0 Å². The number of carbonyl (C=O) groups excluding carboxylic acids is 1. The molecule has 1 aromatic carbocycles. The molecule has 1 aliphatic rings. The van der Waals surface area contributed by atoms with E-state index >= 15 is 0 Å². The van der Waals surface area contributed by atoms with Crippen LogP contribution in [0.15, 0.2) is 18.2 Å². The lowest BCUT2D eigenvalue weighted by atomic mass is 10.1. The Morgan fingerprint density at radius 3 is 3.05 bits per heavy atom. The number of nitrogens with one attached hydrogen (secondary N) is 1. The van der Waals surface area contributed by atoms with Gasteiger partial charge in [-0.25, -0.2) is 9.18 Å². The van der Waals surface area contributed by atoms with Gasteiger partial charge in [0.15, 0.2) is 0 Å². The molecule has 0 aromatic heterocycles. The first-order valence-corrected chi connectivity index (χ1v) is 7.55. The molecule has 0 bridgehead atoms. The monoisotopic (exact) mass is 310 g/mol. The molecule has 122 valence electrons. The first-order valence-electron chi connectivity index (χ1n) is 7.55. The van der Waals surface area contributed by atoms with Gasteiger partial charge in [-0.05, 0) is 25.5 Å². The number of hydrogen-bond donors (Lipinski definition) is 1. The van der Waals surface area contributed by atoms with E-state index in [4.69, 9.17) is 9.47 Å². The zero-order valence-electron chi connectivity index (χ0n) is 13.3. The summed E-state index contributed by atoms with van der Waals surface area (Å²) in [6.45, 7) is 5.39. The average molecular weight is 310 g/mol. The number of nitrogens with zero attached hydrogens (tertiary/aromatic N) is 1. The van der Waals surface area contributed by atoms with Gasteiger partial charge in [-0.15, -0.1) is 0 Å². The van der Waals surface area contributed by atoms with E-state index in [2.05, 4.69) is 5.32 Å². The fraction of sp³-hybridized carbons (Fsp3) is 0.562. The smallest absolute Gasteiger partial charge is 0.318 e. The van der Waals surface area contributed by atoms with Crippen molar-refractivity contribution in [3.63, 3.8) is 0 Å². The van der Waals surface area contributed by atoms with Crippen LogP contribution in [0.5, 0.6) is 5.75 Å². The van der Waals surface area contributed by atoms with E-state index in [0.29, 0.717) is 31.1 Å². The van der Waals surface area contributed by atoms with Crippen LogP contribution in [0.4, 0.5) is 9.18 Å². The number of halogens is 1. The predicted octanol–water partition coefficient (Wildman–Crippen LogP) is 2.72. The predicted molar refractivity (Wildman–Crippen MR) is 81.5 cm³/mol. The summed E-state index contributed by atoms with van der Waals surface area (Å²) in [7, 11) is 1.49. The Hall–Kier alpha value is -1.82. The van der Waals surface area contributed by atoms with Crippen LogP contribution in [-0.2, 0) is 4.74 Å². The number of methoxy groups -OCH3 is 1. The summed E-state index contributed by atoms with van der Waals surface area (Å²) in [5, 5.41) is 2.86. The van der Waals surface area contributed by atoms with Crippen LogP contribution in [0, 0.1) is 5.82 Å². The zero-order chi connectivity index (χ0) is 16.1. The van der Waals surface area contributed by atoms with Gasteiger partial charge in [0, 0.05) is 6.54 Å². The van der Waals surface area contributed by atoms with E-state index in [1.54, 1.807) is 24.0 Å². The van der Waals surface area contributed by atoms with Gasteiger partial charge in [0.2, 0.25) is 0 Å². The molecule has 6 heteroatoms. The molecule has 0 aliphatic carbocycles. The van der Waals surface area contributed by atoms with Gasteiger partial charge in [0.1, 0.15) is 11.6 Å². The maximum Gasteiger partial charge on any atom is 0.318 e. The van der Waals surface area contributed by atoms with Gasteiger partial charge in [-0.2, -0.15) is 0 Å². The Balaban J connectivity index is 2.11. The minimum absolute atomic E-state index is 0.0588. The Labute approximate surface area is 130 Å². The van der Waals surface area contributed by atoms with Gasteiger partial charge in [0.05, 0.1) is 38.0 Å². The summed E-state index contributed by atoms with van der Waals surface area (Å²) in [5.41, 5.74) is 0.361. The first-order chi connectivity index (χ1) is 10.6. The molecule has 0 spiro atoms. The highest BCUT2D eigenvalue weighted by molar-refractivity contribution is 5.75. The van der Waals surface area contributed by atoms with E-state index in [0.717, 1.165) is 6.42 Å². The standard InChI is InChI=1S/C16H23FN2O3/c1-4-12-10-22-9-8-19(12)16(20)18-11(2)15-13(17)6-5-7-14(15)21-3/h5-7,11-12H,4,8-10H2,1-3H3,(H,18,20)/t11-,12-/m1/s1. The molecule has 0 unspecified atom stereocenters. The third kappa shape index (κ3) is 3.50. The molecule has 2 atom stereocenters. The van der Waals surface area contributed by atoms with E-state index < -0.39 is 6.04 Å². The van der Waals surface area contributed by atoms with Crippen molar-refractivity contribution < 1.29 is 18.7 Å². The second kappa shape index (κ2) is 7.45. The number of hydrogen-bond acceptors (Lipinski definition) is 3. The minimum Gasteiger partial charge on any atom is -0.496 e. The Kier molecular flexibility index (Phi) is 5.60. The highest BCUT2D eigenvalue weighted by atomic mass is 19.1. The number of urea groups is 1. The highest BCUT2D eigenvalue weighted by Crippen LogP contribution is 2.28. The second-order valence-electron chi connectivity index (χ2n) is 5.36. The molecule has 2 rings (SSSR count). The quantitative estimate of drug-likeness (QED) is 0.930. The highest BCUT2D eigenvalue weighted by Gasteiger charge is 2.28. The average Bonchev–Trinajstić information content (AvgIpc) is 2.54. The number of morpholine rings is 1. The molecule has 1 aliphatic heterocycles. The topological polar surface area (TPSA) is 50.8 Å². The molecular weight excluding hydrogens is 287 g/mol. The summed E-state index contributed by atoms with van der Waals surface area (Å²) in [5.74, 6) is 0.0444. The van der Waals surface area contributed by atoms with Crippen LogP contribution in [0.2, 0.25) is 0 Å². The number of ether oxygens (including phenoxy) is 2. The maximum absolute atomic E-state index is 14.1.